The second-order valence-electron chi connectivity index (χ2n) is 8.43. The molecule has 8 heteroatoms. The van der Waals surface area contributed by atoms with Crippen LogP contribution in [0, 0.1) is 0 Å². The molecule has 0 aliphatic heterocycles. The molecule has 1 amide bonds. The van der Waals surface area contributed by atoms with Gasteiger partial charge in [0.05, 0.1) is 19.8 Å². The van der Waals surface area contributed by atoms with Crippen molar-refractivity contribution in [3.8, 4) is 0 Å². The van der Waals surface area contributed by atoms with Gasteiger partial charge in [-0.15, -0.1) is 0 Å². The van der Waals surface area contributed by atoms with Crippen LogP contribution in [0.5, 0.6) is 0 Å². The molecule has 0 radical (unpaired) electrons. The monoisotopic (exact) mass is 460 g/mol. The van der Waals surface area contributed by atoms with Gasteiger partial charge in [0, 0.05) is 26.7 Å². The van der Waals surface area contributed by atoms with E-state index in [0.717, 1.165) is 77.8 Å². The van der Waals surface area contributed by atoms with Gasteiger partial charge in [0.2, 0.25) is 5.91 Å². The fraction of sp³-hybridized carbons (Fsp3) is 0.958. The van der Waals surface area contributed by atoms with Crippen LogP contribution in [0.1, 0.15) is 66.2 Å². The first-order valence-corrected chi connectivity index (χ1v) is 12.7. The molecule has 0 aliphatic carbocycles. The second kappa shape index (κ2) is 23.4. The van der Waals surface area contributed by atoms with Crippen molar-refractivity contribution >= 4 is 5.91 Å². The van der Waals surface area contributed by atoms with E-state index in [-0.39, 0.29) is 5.91 Å². The number of hydrogen-bond donors (Lipinski definition) is 4. The lowest BCUT2D eigenvalue weighted by Crippen LogP contribution is -2.58. The van der Waals surface area contributed by atoms with Gasteiger partial charge in [0.15, 0.2) is 0 Å². The van der Waals surface area contributed by atoms with Crippen LogP contribution in [0.3, 0.4) is 0 Å². The molecule has 8 nitrogen and oxygen atoms in total. The lowest BCUT2D eigenvalue weighted by molar-refractivity contribution is -0.125. The highest BCUT2D eigenvalue weighted by atomic mass is 16.5. The molecule has 0 aliphatic rings. The van der Waals surface area contributed by atoms with Crippen LogP contribution in [-0.2, 0) is 19.0 Å². The first kappa shape index (κ1) is 31.2. The van der Waals surface area contributed by atoms with Crippen LogP contribution in [-0.4, -0.2) is 90.4 Å². The number of hydrogen-bond acceptors (Lipinski definition) is 7. The number of ether oxygens (including phenoxy) is 3. The molecule has 0 aromatic rings. The van der Waals surface area contributed by atoms with E-state index in [1.807, 2.05) is 0 Å². The lowest BCUT2D eigenvalue weighted by Gasteiger charge is -2.34. The Kier molecular flexibility index (Phi) is 22.8. The van der Waals surface area contributed by atoms with Gasteiger partial charge in [-0.3, -0.25) is 4.79 Å². The van der Waals surface area contributed by atoms with Crippen LogP contribution >= 0.6 is 0 Å². The van der Waals surface area contributed by atoms with Crippen LogP contribution in [0.4, 0.5) is 0 Å². The van der Waals surface area contributed by atoms with Crippen LogP contribution in [0.25, 0.3) is 0 Å². The Morgan fingerprint density at radius 1 is 0.625 bits per heavy atom. The molecule has 32 heavy (non-hydrogen) atoms. The third kappa shape index (κ3) is 19.9. The molecule has 0 heterocycles. The third-order valence-electron chi connectivity index (χ3n) is 4.78. The quantitative estimate of drug-likeness (QED) is 0.155. The summed E-state index contributed by atoms with van der Waals surface area (Å²) in [6.07, 6.45) is 6.19. The molecule has 192 valence electrons. The topological polar surface area (TPSA) is 92.9 Å². The minimum absolute atomic E-state index is 0.0976. The molecule has 0 saturated carbocycles. The molecule has 4 N–H and O–H groups in total. The van der Waals surface area contributed by atoms with Gasteiger partial charge in [0.1, 0.15) is 5.54 Å². The normalized spacial score (nSPS) is 11.8. The number of carbonyl (C=O) groups excluding carboxylic acids is 1. The molecule has 0 atom stereocenters. The summed E-state index contributed by atoms with van der Waals surface area (Å²) in [6, 6.07) is 0. The summed E-state index contributed by atoms with van der Waals surface area (Å²) in [4.78, 5) is 12.0. The fourth-order valence-electron chi connectivity index (χ4n) is 3.21. The SMILES string of the molecule is CCCNCCCOCC(COCCCNCCC)(COCCCNCCC)NC(C)=O. The third-order valence-corrected chi connectivity index (χ3v) is 4.78. The van der Waals surface area contributed by atoms with E-state index in [1.165, 1.54) is 6.92 Å². The van der Waals surface area contributed by atoms with Gasteiger partial charge in [-0.05, 0) is 77.8 Å². The van der Waals surface area contributed by atoms with Crippen molar-refractivity contribution < 1.29 is 19.0 Å². The molecule has 0 spiro atoms. The molecule has 0 aromatic carbocycles. The Balaban J connectivity index is 4.57. The summed E-state index contributed by atoms with van der Waals surface area (Å²) in [5, 5.41) is 13.2. The van der Waals surface area contributed by atoms with Gasteiger partial charge in [-0.2, -0.15) is 0 Å². The Morgan fingerprint density at radius 2 is 0.969 bits per heavy atom. The van der Waals surface area contributed by atoms with Crippen molar-refractivity contribution in [1.29, 1.82) is 0 Å². The van der Waals surface area contributed by atoms with Crippen LogP contribution < -0.4 is 21.3 Å². The summed E-state index contributed by atoms with van der Waals surface area (Å²) in [5.74, 6) is -0.0976. The van der Waals surface area contributed by atoms with Crippen molar-refractivity contribution in [2.24, 2.45) is 0 Å². The highest BCUT2D eigenvalue weighted by molar-refractivity contribution is 5.73. The standard InChI is InChI=1S/C24H52N4O4/c1-5-11-25-14-8-17-30-20-24(28-23(4)29,21-31-18-9-15-26-12-6-2)22-32-19-10-16-27-13-7-3/h25-27H,5-22H2,1-4H3,(H,28,29). The van der Waals surface area contributed by atoms with E-state index < -0.39 is 5.54 Å². The molecule has 0 fully saturated rings. The van der Waals surface area contributed by atoms with E-state index in [2.05, 4.69) is 42.0 Å². The van der Waals surface area contributed by atoms with Gasteiger partial charge < -0.3 is 35.5 Å². The predicted octanol–water partition coefficient (Wildman–Crippen LogP) is 2.08. The van der Waals surface area contributed by atoms with E-state index >= 15 is 0 Å². The summed E-state index contributed by atoms with van der Waals surface area (Å²) in [6.45, 7) is 16.9. The van der Waals surface area contributed by atoms with Crippen molar-refractivity contribution in [2.75, 3.05) is 78.9 Å². The maximum Gasteiger partial charge on any atom is 0.217 e. The molecule has 0 unspecified atom stereocenters. The van der Waals surface area contributed by atoms with Crippen LogP contribution in [0.15, 0.2) is 0 Å². The van der Waals surface area contributed by atoms with E-state index in [1.54, 1.807) is 0 Å². The summed E-state index contributed by atoms with van der Waals surface area (Å²) >= 11 is 0. The molecule has 0 saturated heterocycles. The van der Waals surface area contributed by atoms with Crippen molar-refractivity contribution in [1.82, 2.24) is 21.3 Å². The van der Waals surface area contributed by atoms with Gasteiger partial charge in [-0.1, -0.05) is 20.8 Å². The number of amides is 1. The minimum Gasteiger partial charge on any atom is -0.379 e. The van der Waals surface area contributed by atoms with Gasteiger partial charge in [0.25, 0.3) is 0 Å². The van der Waals surface area contributed by atoms with E-state index in [0.29, 0.717) is 39.6 Å². The number of nitrogens with one attached hydrogen (secondary N) is 4. The minimum atomic E-state index is -0.670. The molecule has 0 bridgehead atoms. The van der Waals surface area contributed by atoms with Crippen molar-refractivity contribution in [3.63, 3.8) is 0 Å². The van der Waals surface area contributed by atoms with Crippen molar-refractivity contribution in [3.05, 3.63) is 0 Å². The molecular weight excluding hydrogens is 408 g/mol. The van der Waals surface area contributed by atoms with Crippen molar-refractivity contribution in [2.45, 2.75) is 71.8 Å². The van der Waals surface area contributed by atoms with E-state index in [9.17, 15) is 4.79 Å². The largest absolute Gasteiger partial charge is 0.379 e. The lowest BCUT2D eigenvalue weighted by atomic mass is 10.0. The van der Waals surface area contributed by atoms with Gasteiger partial charge >= 0.3 is 0 Å². The average molecular weight is 461 g/mol. The Bertz CT molecular complexity index is 368. The number of rotatable bonds is 25. The molecule has 0 aromatic heterocycles. The first-order valence-electron chi connectivity index (χ1n) is 12.7. The summed E-state index contributed by atoms with van der Waals surface area (Å²) < 4.78 is 17.9. The highest BCUT2D eigenvalue weighted by Gasteiger charge is 2.32. The average Bonchev–Trinajstić information content (AvgIpc) is 2.77. The predicted molar refractivity (Wildman–Crippen MR) is 132 cm³/mol. The van der Waals surface area contributed by atoms with Crippen LogP contribution in [0.2, 0.25) is 0 Å². The maximum atomic E-state index is 12.0. The summed E-state index contributed by atoms with van der Waals surface area (Å²) in [5.41, 5.74) is -0.670. The fourth-order valence-corrected chi connectivity index (χ4v) is 3.21. The first-order chi connectivity index (χ1) is 15.6. The zero-order chi connectivity index (χ0) is 23.8. The zero-order valence-corrected chi connectivity index (χ0v) is 21.4. The summed E-state index contributed by atoms with van der Waals surface area (Å²) in [7, 11) is 0. The number of carbonyl (C=O) groups is 1. The molecular formula is C24H52N4O4. The molecule has 0 rings (SSSR count). The van der Waals surface area contributed by atoms with E-state index in [4.69, 9.17) is 14.2 Å². The zero-order valence-electron chi connectivity index (χ0n) is 21.4. The smallest absolute Gasteiger partial charge is 0.217 e. The Morgan fingerprint density at radius 3 is 1.25 bits per heavy atom. The Labute approximate surface area is 197 Å². The van der Waals surface area contributed by atoms with Gasteiger partial charge in [-0.25, -0.2) is 0 Å². The maximum absolute atomic E-state index is 12.0. The Hall–Kier alpha value is -0.770. The second-order valence-corrected chi connectivity index (χ2v) is 8.43. The highest BCUT2D eigenvalue weighted by Crippen LogP contribution is 2.10.